The summed E-state index contributed by atoms with van der Waals surface area (Å²) in [4.78, 5) is 25.0. The number of nitrogens with zero attached hydrogens (tertiary/aromatic N) is 1. The highest BCUT2D eigenvalue weighted by Crippen LogP contribution is 2.38. The lowest BCUT2D eigenvalue weighted by molar-refractivity contribution is -0.148. The number of β-amino-alcohol motifs (C(OH)–C–C–N with tert-alkyl or cyclic N) is 1. The molecule has 108 valence electrons. The lowest BCUT2D eigenvalue weighted by Crippen LogP contribution is -2.51. The predicted octanol–water partition coefficient (Wildman–Crippen LogP) is 0.796. The molecule has 2 fully saturated rings. The predicted molar refractivity (Wildman–Crippen MR) is 68.7 cm³/mol. The summed E-state index contributed by atoms with van der Waals surface area (Å²) in [5, 5.41) is 22.0. The minimum atomic E-state index is -0.877. The van der Waals surface area contributed by atoms with Crippen LogP contribution < -0.4 is 5.32 Å². The molecule has 1 heterocycles. The fourth-order valence-electron chi connectivity index (χ4n) is 3.01. The van der Waals surface area contributed by atoms with Crippen LogP contribution in [0.2, 0.25) is 0 Å². The third-order valence-corrected chi connectivity index (χ3v) is 4.48. The van der Waals surface area contributed by atoms with Crippen LogP contribution in [0.15, 0.2) is 0 Å². The Bertz CT molecular complexity index is 396. The van der Waals surface area contributed by atoms with Crippen LogP contribution in [0.4, 0.5) is 4.79 Å². The highest BCUT2D eigenvalue weighted by Gasteiger charge is 2.46. The van der Waals surface area contributed by atoms with Crippen LogP contribution in [-0.2, 0) is 4.79 Å². The van der Waals surface area contributed by atoms with Gasteiger partial charge < -0.3 is 20.4 Å². The second-order valence-electron chi connectivity index (χ2n) is 6.29. The highest BCUT2D eigenvalue weighted by atomic mass is 16.4. The topological polar surface area (TPSA) is 89.9 Å². The molecule has 2 aliphatic rings. The number of aliphatic carboxylic acids is 1. The van der Waals surface area contributed by atoms with Crippen LogP contribution in [0.1, 0.15) is 39.5 Å². The summed E-state index contributed by atoms with van der Waals surface area (Å²) >= 11 is 0. The van der Waals surface area contributed by atoms with Crippen LogP contribution in [0.5, 0.6) is 0 Å². The van der Waals surface area contributed by atoms with E-state index in [4.69, 9.17) is 0 Å². The molecule has 1 aliphatic carbocycles. The summed E-state index contributed by atoms with van der Waals surface area (Å²) in [7, 11) is 0. The van der Waals surface area contributed by atoms with Crippen molar-refractivity contribution in [1.82, 2.24) is 10.2 Å². The van der Waals surface area contributed by atoms with Gasteiger partial charge in [0.25, 0.3) is 0 Å². The number of urea groups is 1. The Kier molecular flexibility index (Phi) is 3.47. The number of carbonyl (C=O) groups excluding carboxylic acids is 1. The average Bonchev–Trinajstić information content (AvgIpc) is 2.84. The number of rotatable bonds is 2. The van der Waals surface area contributed by atoms with Gasteiger partial charge in [0.1, 0.15) is 0 Å². The lowest BCUT2D eigenvalue weighted by atomic mass is 9.85. The van der Waals surface area contributed by atoms with Crippen molar-refractivity contribution >= 4 is 12.0 Å². The Labute approximate surface area is 112 Å². The van der Waals surface area contributed by atoms with Crippen molar-refractivity contribution in [3.63, 3.8) is 0 Å². The first-order valence-electron chi connectivity index (χ1n) is 6.76. The van der Waals surface area contributed by atoms with Crippen molar-refractivity contribution in [3.8, 4) is 0 Å². The van der Waals surface area contributed by atoms with Crippen molar-refractivity contribution in [2.45, 2.75) is 51.2 Å². The lowest BCUT2D eigenvalue weighted by Gasteiger charge is -2.29. The third kappa shape index (κ3) is 2.68. The summed E-state index contributed by atoms with van der Waals surface area (Å²) in [6.07, 6.45) is 2.65. The van der Waals surface area contributed by atoms with Crippen molar-refractivity contribution in [1.29, 1.82) is 0 Å². The average molecular weight is 270 g/mol. The minimum Gasteiger partial charge on any atom is -0.481 e. The molecule has 0 aromatic rings. The van der Waals surface area contributed by atoms with Gasteiger partial charge >= 0.3 is 12.0 Å². The molecule has 3 N–H and O–H groups in total. The highest BCUT2D eigenvalue weighted by molar-refractivity contribution is 5.79. The number of likely N-dealkylation sites (tertiary alicyclic amines) is 1. The van der Waals surface area contributed by atoms with E-state index in [0.717, 1.165) is 6.42 Å². The first kappa shape index (κ1) is 14.1. The molecule has 1 saturated carbocycles. The van der Waals surface area contributed by atoms with Crippen LogP contribution in [-0.4, -0.2) is 51.8 Å². The minimum absolute atomic E-state index is 0.267. The molecule has 1 saturated heterocycles. The van der Waals surface area contributed by atoms with Crippen molar-refractivity contribution in [2.75, 3.05) is 13.1 Å². The van der Waals surface area contributed by atoms with Gasteiger partial charge in [0.05, 0.1) is 17.6 Å². The number of amides is 2. The van der Waals surface area contributed by atoms with Gasteiger partial charge in [-0.25, -0.2) is 4.79 Å². The zero-order chi connectivity index (χ0) is 14.3. The first-order valence-corrected chi connectivity index (χ1v) is 6.76. The van der Waals surface area contributed by atoms with Gasteiger partial charge in [0.15, 0.2) is 0 Å². The summed E-state index contributed by atoms with van der Waals surface area (Å²) in [6, 6.07) is -0.597. The molecule has 0 spiro atoms. The number of hydrogen-bond donors (Lipinski definition) is 3. The van der Waals surface area contributed by atoms with E-state index in [2.05, 4.69) is 5.32 Å². The van der Waals surface area contributed by atoms with E-state index in [0.29, 0.717) is 32.4 Å². The van der Waals surface area contributed by atoms with E-state index in [1.54, 1.807) is 18.7 Å². The molecular formula is C13H22N2O4. The largest absolute Gasteiger partial charge is 0.481 e. The summed E-state index contributed by atoms with van der Waals surface area (Å²) < 4.78 is 0. The van der Waals surface area contributed by atoms with Gasteiger partial charge in [-0.1, -0.05) is 6.42 Å². The molecule has 19 heavy (non-hydrogen) atoms. The third-order valence-electron chi connectivity index (χ3n) is 4.48. The van der Waals surface area contributed by atoms with Crippen molar-refractivity contribution < 1.29 is 19.8 Å². The maximum atomic E-state index is 12.1. The van der Waals surface area contributed by atoms with Gasteiger partial charge in [-0.05, 0) is 33.1 Å². The van der Waals surface area contributed by atoms with Crippen molar-refractivity contribution in [3.05, 3.63) is 0 Å². The number of nitrogens with one attached hydrogen (secondary N) is 1. The fourth-order valence-corrected chi connectivity index (χ4v) is 3.01. The molecule has 6 nitrogen and oxygen atoms in total. The molecule has 0 aromatic carbocycles. The molecule has 3 atom stereocenters. The first-order chi connectivity index (χ1) is 8.74. The maximum Gasteiger partial charge on any atom is 0.317 e. The van der Waals surface area contributed by atoms with Crippen LogP contribution in [0, 0.1) is 5.41 Å². The van der Waals surface area contributed by atoms with Crippen LogP contribution >= 0.6 is 0 Å². The number of carbonyl (C=O) groups is 2. The second-order valence-corrected chi connectivity index (χ2v) is 6.29. The molecule has 0 aromatic heterocycles. The summed E-state index contributed by atoms with van der Waals surface area (Å²) in [5.74, 6) is -0.858. The molecule has 2 rings (SSSR count). The number of aliphatic hydroxyl groups is 1. The molecular weight excluding hydrogens is 248 g/mol. The van der Waals surface area contributed by atoms with Crippen LogP contribution in [0.25, 0.3) is 0 Å². The van der Waals surface area contributed by atoms with Gasteiger partial charge in [0, 0.05) is 12.6 Å². The normalized spacial score (nSPS) is 38.5. The zero-order valence-corrected chi connectivity index (χ0v) is 11.5. The van der Waals surface area contributed by atoms with Gasteiger partial charge in [-0.3, -0.25) is 4.79 Å². The molecule has 0 radical (unpaired) electrons. The van der Waals surface area contributed by atoms with Gasteiger partial charge in [-0.15, -0.1) is 0 Å². The summed E-state index contributed by atoms with van der Waals surface area (Å²) in [6.45, 7) is 4.20. The quantitative estimate of drug-likeness (QED) is 0.692. The fraction of sp³-hybridized carbons (Fsp3) is 0.846. The van der Waals surface area contributed by atoms with E-state index < -0.39 is 17.0 Å². The second kappa shape index (κ2) is 4.67. The summed E-state index contributed by atoms with van der Waals surface area (Å²) in [5.41, 5.74) is -1.71. The Morgan fingerprint density at radius 2 is 2.00 bits per heavy atom. The SMILES string of the molecule is CC1(O)CCN(C(=O)NC2CCCC2(C)C(=O)O)C1. The Balaban J connectivity index is 1.98. The van der Waals surface area contributed by atoms with E-state index in [1.807, 2.05) is 0 Å². The van der Waals surface area contributed by atoms with Crippen molar-refractivity contribution in [2.24, 2.45) is 5.41 Å². The molecule has 3 unspecified atom stereocenters. The van der Waals surface area contributed by atoms with E-state index in [9.17, 15) is 19.8 Å². The smallest absolute Gasteiger partial charge is 0.317 e. The Hall–Kier alpha value is -1.30. The molecule has 2 amide bonds. The maximum absolute atomic E-state index is 12.1. The standard InChI is InChI=1S/C13H22N2O4/c1-12(19)6-7-15(8-12)11(18)14-9-4-3-5-13(9,2)10(16)17/h9,19H,3-8H2,1-2H3,(H,14,18)(H,16,17). The number of hydrogen-bond acceptors (Lipinski definition) is 3. The molecule has 1 aliphatic heterocycles. The molecule has 6 heteroatoms. The Morgan fingerprint density at radius 1 is 1.32 bits per heavy atom. The van der Waals surface area contributed by atoms with E-state index in [-0.39, 0.29) is 12.1 Å². The van der Waals surface area contributed by atoms with Crippen LogP contribution in [0.3, 0.4) is 0 Å². The van der Waals surface area contributed by atoms with Gasteiger partial charge in [-0.2, -0.15) is 0 Å². The Morgan fingerprint density at radius 3 is 2.53 bits per heavy atom. The monoisotopic (exact) mass is 270 g/mol. The number of carboxylic acids is 1. The van der Waals surface area contributed by atoms with E-state index in [1.165, 1.54) is 0 Å². The zero-order valence-electron chi connectivity index (χ0n) is 11.5. The molecule has 0 bridgehead atoms. The number of carboxylic acid groups (broad SMARTS) is 1. The van der Waals surface area contributed by atoms with Gasteiger partial charge in [0.2, 0.25) is 0 Å². The van der Waals surface area contributed by atoms with E-state index >= 15 is 0 Å².